The van der Waals surface area contributed by atoms with Gasteiger partial charge in [-0.15, -0.1) is 0 Å². The SMILES string of the molecule is C=C(OCC)c1ncnc2c1ccn2S(=O)(=O)c1ccc(C)cc1.CCCN(CCOc1c(Cl)cc(Cl)cc1Cl)C(=O)n1ccnc1. The summed E-state index contributed by atoms with van der Waals surface area (Å²) in [6, 6.07) is 11.3. The molecule has 0 bridgehead atoms. The van der Waals surface area contributed by atoms with Gasteiger partial charge in [0.15, 0.2) is 11.4 Å². The summed E-state index contributed by atoms with van der Waals surface area (Å²) >= 11 is 18.0. The monoisotopic (exact) mass is 718 g/mol. The van der Waals surface area contributed by atoms with Crippen LogP contribution in [0, 0.1) is 6.92 Å². The summed E-state index contributed by atoms with van der Waals surface area (Å²) in [6.45, 7) is 11.3. The molecule has 3 heterocycles. The maximum absolute atomic E-state index is 12.9. The Hall–Kier alpha value is -4.10. The van der Waals surface area contributed by atoms with Crippen LogP contribution in [0.25, 0.3) is 16.8 Å². The molecule has 11 nitrogen and oxygen atoms in total. The minimum absolute atomic E-state index is 0.152. The smallest absolute Gasteiger partial charge is 0.329 e. The molecular formula is C32H33Cl3N6O5S. The van der Waals surface area contributed by atoms with E-state index < -0.39 is 10.0 Å². The Morgan fingerprint density at radius 3 is 2.32 bits per heavy atom. The Morgan fingerprint density at radius 1 is 1.00 bits per heavy atom. The first kappa shape index (κ1) is 35.7. The number of amides is 1. The van der Waals surface area contributed by atoms with E-state index in [9.17, 15) is 13.2 Å². The molecule has 1 amide bonds. The van der Waals surface area contributed by atoms with Crippen molar-refractivity contribution >= 4 is 67.6 Å². The van der Waals surface area contributed by atoms with Gasteiger partial charge in [0.1, 0.15) is 30.7 Å². The predicted molar refractivity (Wildman–Crippen MR) is 184 cm³/mol. The normalized spacial score (nSPS) is 11.1. The van der Waals surface area contributed by atoms with Gasteiger partial charge in [-0.3, -0.25) is 4.57 Å². The van der Waals surface area contributed by atoms with E-state index in [1.54, 1.807) is 59.8 Å². The number of benzene rings is 2. The maximum atomic E-state index is 12.9. The van der Waals surface area contributed by atoms with Crippen LogP contribution in [-0.4, -0.2) is 69.1 Å². The summed E-state index contributed by atoms with van der Waals surface area (Å²) in [6.07, 6.45) is 8.26. The second kappa shape index (κ2) is 16.1. The van der Waals surface area contributed by atoms with Crippen molar-refractivity contribution in [2.75, 3.05) is 26.3 Å². The number of hydrogen-bond donors (Lipinski definition) is 0. The second-order valence-corrected chi connectivity index (χ2v) is 13.1. The molecule has 0 unspecified atom stereocenters. The lowest BCUT2D eigenvalue weighted by Crippen LogP contribution is -2.37. The molecule has 248 valence electrons. The molecule has 0 aliphatic rings. The number of aromatic nitrogens is 5. The van der Waals surface area contributed by atoms with Crippen LogP contribution >= 0.6 is 34.8 Å². The fourth-order valence-electron chi connectivity index (χ4n) is 4.44. The Morgan fingerprint density at radius 2 is 1.70 bits per heavy atom. The van der Waals surface area contributed by atoms with E-state index in [2.05, 4.69) is 21.5 Å². The first-order valence-electron chi connectivity index (χ1n) is 14.5. The van der Waals surface area contributed by atoms with Crippen LogP contribution < -0.4 is 4.74 Å². The fourth-order valence-corrected chi connectivity index (χ4v) is 6.67. The first-order chi connectivity index (χ1) is 22.5. The minimum atomic E-state index is -3.74. The molecule has 2 aromatic carbocycles. The molecule has 5 aromatic rings. The quantitative estimate of drug-likeness (QED) is 0.128. The van der Waals surface area contributed by atoms with Gasteiger partial charge in [-0.25, -0.2) is 32.1 Å². The van der Waals surface area contributed by atoms with Crippen molar-refractivity contribution in [2.24, 2.45) is 0 Å². The summed E-state index contributed by atoms with van der Waals surface area (Å²) in [5, 5.41) is 1.69. The molecule has 0 atom stereocenters. The summed E-state index contributed by atoms with van der Waals surface area (Å²) in [4.78, 5) is 26.4. The topological polar surface area (TPSA) is 121 Å². The average Bonchev–Trinajstić information content (AvgIpc) is 3.73. The van der Waals surface area contributed by atoms with Gasteiger partial charge in [0.25, 0.3) is 10.0 Å². The van der Waals surface area contributed by atoms with Gasteiger partial charge in [-0.2, -0.15) is 0 Å². The number of carbonyl (C=O) groups is 1. The minimum Gasteiger partial charge on any atom is -0.492 e. The largest absolute Gasteiger partial charge is 0.492 e. The molecule has 0 aliphatic heterocycles. The van der Waals surface area contributed by atoms with Gasteiger partial charge in [-0.1, -0.05) is 66.0 Å². The lowest BCUT2D eigenvalue weighted by molar-refractivity contribution is 0.184. The zero-order valence-electron chi connectivity index (χ0n) is 25.9. The molecular weight excluding hydrogens is 687 g/mol. The van der Waals surface area contributed by atoms with Crippen LogP contribution in [0.1, 0.15) is 31.5 Å². The Balaban J connectivity index is 0.000000213. The van der Waals surface area contributed by atoms with E-state index in [1.165, 1.54) is 23.4 Å². The number of rotatable bonds is 11. The zero-order chi connectivity index (χ0) is 34.1. The molecule has 0 aliphatic carbocycles. The average molecular weight is 720 g/mol. The number of aryl methyl sites for hydroxylation is 1. The van der Waals surface area contributed by atoms with Crippen molar-refractivity contribution in [3.8, 4) is 5.75 Å². The highest BCUT2D eigenvalue weighted by Crippen LogP contribution is 2.35. The Kier molecular flexibility index (Phi) is 12.3. The molecule has 3 aromatic heterocycles. The zero-order valence-corrected chi connectivity index (χ0v) is 29.0. The van der Waals surface area contributed by atoms with Gasteiger partial charge in [0.05, 0.1) is 28.1 Å². The standard InChI is InChI=1S/C17H17N3O3S.C15H16Cl3N3O2/c1-4-23-13(3)16-15-9-10-20(17(15)19-11-18-16)24(21,22)14-7-5-12(2)6-8-14;1-2-4-20(15(22)21-5-3-19-10-21)6-7-23-14-12(17)8-11(16)9-13(14)18/h5-11H,3-4H2,1-2H3;3,5,8-10H,2,4,6-7H2,1H3. The molecule has 0 saturated heterocycles. The van der Waals surface area contributed by atoms with E-state index in [-0.39, 0.29) is 17.5 Å². The lowest BCUT2D eigenvalue weighted by Gasteiger charge is -2.22. The van der Waals surface area contributed by atoms with Crippen molar-refractivity contribution in [3.05, 3.63) is 107 Å². The third-order valence-corrected chi connectivity index (χ3v) is 9.13. The van der Waals surface area contributed by atoms with Crippen molar-refractivity contribution < 1.29 is 22.7 Å². The van der Waals surface area contributed by atoms with E-state index in [4.69, 9.17) is 44.3 Å². The van der Waals surface area contributed by atoms with Gasteiger partial charge in [0.2, 0.25) is 0 Å². The number of fused-ring (bicyclic) bond motifs is 1. The number of carbonyl (C=O) groups excluding carboxylic acids is 1. The van der Waals surface area contributed by atoms with Gasteiger partial charge >= 0.3 is 6.03 Å². The van der Waals surface area contributed by atoms with Crippen molar-refractivity contribution in [1.82, 2.24) is 28.4 Å². The van der Waals surface area contributed by atoms with Crippen LogP contribution in [0.3, 0.4) is 0 Å². The molecule has 0 saturated carbocycles. The summed E-state index contributed by atoms with van der Waals surface area (Å²) in [7, 11) is -3.74. The number of hydrogen-bond acceptors (Lipinski definition) is 8. The summed E-state index contributed by atoms with van der Waals surface area (Å²) < 4.78 is 39.3. The van der Waals surface area contributed by atoms with Crippen molar-refractivity contribution in [2.45, 2.75) is 32.1 Å². The first-order valence-corrected chi connectivity index (χ1v) is 17.1. The van der Waals surface area contributed by atoms with E-state index in [0.29, 0.717) is 63.0 Å². The molecule has 47 heavy (non-hydrogen) atoms. The molecule has 0 N–H and O–H groups in total. The number of ether oxygens (including phenoxy) is 2. The van der Waals surface area contributed by atoms with Crippen LogP contribution in [-0.2, 0) is 14.8 Å². The van der Waals surface area contributed by atoms with E-state index in [0.717, 1.165) is 16.0 Å². The van der Waals surface area contributed by atoms with E-state index >= 15 is 0 Å². The Bertz CT molecular complexity index is 1920. The van der Waals surface area contributed by atoms with Gasteiger partial charge in [-0.05, 0) is 50.6 Å². The van der Waals surface area contributed by atoms with Crippen molar-refractivity contribution in [1.29, 1.82) is 0 Å². The summed E-state index contributed by atoms with van der Waals surface area (Å²) in [5.74, 6) is 0.750. The molecule has 15 heteroatoms. The number of nitrogens with zero attached hydrogens (tertiary/aromatic N) is 6. The molecule has 5 rings (SSSR count). The highest BCUT2D eigenvalue weighted by molar-refractivity contribution is 7.90. The lowest BCUT2D eigenvalue weighted by atomic mass is 10.2. The van der Waals surface area contributed by atoms with Crippen LogP contribution in [0.2, 0.25) is 15.1 Å². The third-order valence-electron chi connectivity index (χ3n) is 6.67. The summed E-state index contributed by atoms with van der Waals surface area (Å²) in [5.41, 5.74) is 1.77. The fraction of sp³-hybridized carbons (Fsp3) is 0.250. The third kappa shape index (κ3) is 8.63. The van der Waals surface area contributed by atoms with Crippen LogP contribution in [0.5, 0.6) is 5.75 Å². The van der Waals surface area contributed by atoms with Gasteiger partial charge in [0, 0.05) is 35.5 Å². The predicted octanol–water partition coefficient (Wildman–Crippen LogP) is 7.59. The molecule has 0 spiro atoms. The van der Waals surface area contributed by atoms with Gasteiger partial charge < -0.3 is 14.4 Å². The molecule has 0 fully saturated rings. The highest BCUT2D eigenvalue weighted by atomic mass is 35.5. The number of halogens is 3. The highest BCUT2D eigenvalue weighted by Gasteiger charge is 2.22. The number of imidazole rings is 1. The van der Waals surface area contributed by atoms with E-state index in [1.807, 2.05) is 20.8 Å². The van der Waals surface area contributed by atoms with Crippen LogP contribution in [0.15, 0.2) is 85.2 Å². The second-order valence-electron chi connectivity index (χ2n) is 10.0. The Labute approximate surface area is 288 Å². The molecule has 0 radical (unpaired) electrons. The maximum Gasteiger partial charge on any atom is 0.329 e. The van der Waals surface area contributed by atoms with Crippen molar-refractivity contribution in [3.63, 3.8) is 0 Å². The van der Waals surface area contributed by atoms with Crippen LogP contribution in [0.4, 0.5) is 4.79 Å².